The summed E-state index contributed by atoms with van der Waals surface area (Å²) in [7, 11) is 0. The summed E-state index contributed by atoms with van der Waals surface area (Å²) in [6, 6.07) is 0.214. The third kappa shape index (κ3) is 2.71. The summed E-state index contributed by atoms with van der Waals surface area (Å²) in [6.45, 7) is 4.03. The minimum absolute atomic E-state index is 0.130. The van der Waals surface area contributed by atoms with Gasteiger partial charge in [0.1, 0.15) is 0 Å². The molecule has 1 atom stereocenters. The highest BCUT2D eigenvalue weighted by atomic mass is 79.9. The zero-order valence-electron chi connectivity index (χ0n) is 7.55. The highest BCUT2D eigenvalue weighted by Crippen LogP contribution is 2.11. The molecule has 0 aliphatic carbocycles. The number of ether oxygens (including phenoxy) is 1. The topological polar surface area (TPSA) is 29.5 Å². The van der Waals surface area contributed by atoms with Gasteiger partial charge in [-0.05, 0) is 18.2 Å². The maximum absolute atomic E-state index is 11.4. The van der Waals surface area contributed by atoms with Gasteiger partial charge in [-0.1, -0.05) is 0 Å². The van der Waals surface area contributed by atoms with Gasteiger partial charge in [-0.15, -0.1) is 0 Å². The van der Waals surface area contributed by atoms with Gasteiger partial charge >= 0.3 is 0 Å². The Hall–Kier alpha value is -0.530. The predicted octanol–water partition coefficient (Wildman–Crippen LogP) is 0.980. The van der Waals surface area contributed by atoms with Crippen molar-refractivity contribution >= 4 is 21.8 Å². The molecular weight excluding hydrogens is 234 g/mol. The van der Waals surface area contributed by atoms with E-state index in [1.54, 1.807) is 4.90 Å². The van der Waals surface area contributed by atoms with E-state index in [0.29, 0.717) is 13.2 Å². The number of hydrogen-bond acceptors (Lipinski definition) is 2. The van der Waals surface area contributed by atoms with Crippen LogP contribution >= 0.6 is 15.9 Å². The number of carbonyl (C=O) groups excluding carboxylic acids is 1. The molecule has 4 heteroatoms. The second kappa shape index (κ2) is 5.25. The average molecular weight is 246 g/mol. The van der Waals surface area contributed by atoms with Gasteiger partial charge in [0.25, 0.3) is 5.91 Å². The summed E-state index contributed by atoms with van der Waals surface area (Å²) in [6.07, 6.45) is 0.920. The van der Waals surface area contributed by atoms with Crippen LogP contribution in [0.2, 0.25) is 0 Å². The van der Waals surface area contributed by atoms with Crippen LogP contribution in [0.4, 0.5) is 0 Å². The van der Waals surface area contributed by atoms with Gasteiger partial charge in [0.2, 0.25) is 0 Å². The van der Waals surface area contributed by atoms with Crippen LogP contribution in [0.25, 0.3) is 0 Å². The second-order valence-electron chi connectivity index (χ2n) is 2.83. The van der Waals surface area contributed by atoms with Gasteiger partial charge in [-0.2, -0.15) is 0 Å². The molecule has 0 saturated carbocycles. The van der Waals surface area contributed by atoms with E-state index in [4.69, 9.17) is 4.74 Å². The summed E-state index contributed by atoms with van der Waals surface area (Å²) in [5, 5.41) is 0. The SMILES string of the molecule is CCN(C(=O)C#CBr)C1CCOC1. The van der Waals surface area contributed by atoms with Crippen LogP contribution < -0.4 is 0 Å². The first-order chi connectivity index (χ1) is 6.29. The van der Waals surface area contributed by atoms with E-state index in [9.17, 15) is 4.79 Å². The van der Waals surface area contributed by atoms with Crippen LogP contribution in [0.1, 0.15) is 13.3 Å². The first kappa shape index (κ1) is 10.6. The van der Waals surface area contributed by atoms with Crippen LogP contribution in [0.15, 0.2) is 0 Å². The lowest BCUT2D eigenvalue weighted by molar-refractivity contribution is -0.127. The molecule has 1 heterocycles. The standard InChI is InChI=1S/C9H12BrNO2/c1-2-11(9(12)3-5-10)8-4-6-13-7-8/h8H,2,4,6-7H2,1H3. The number of carbonyl (C=O) groups is 1. The van der Waals surface area contributed by atoms with E-state index in [1.807, 2.05) is 6.92 Å². The Labute approximate surface area is 86.6 Å². The Bertz CT molecular complexity index is 238. The molecule has 0 radical (unpaired) electrons. The maximum Gasteiger partial charge on any atom is 0.299 e. The highest BCUT2D eigenvalue weighted by molar-refractivity contribution is 9.12. The lowest BCUT2D eigenvalue weighted by Crippen LogP contribution is -2.39. The molecule has 0 aromatic rings. The van der Waals surface area contributed by atoms with E-state index in [2.05, 4.69) is 26.7 Å². The van der Waals surface area contributed by atoms with Gasteiger partial charge in [0, 0.05) is 35.0 Å². The van der Waals surface area contributed by atoms with Crippen molar-refractivity contribution in [1.29, 1.82) is 0 Å². The van der Waals surface area contributed by atoms with Crippen LogP contribution in [-0.4, -0.2) is 36.6 Å². The van der Waals surface area contributed by atoms with Crippen molar-refractivity contribution in [3.8, 4) is 10.8 Å². The zero-order chi connectivity index (χ0) is 9.68. The smallest absolute Gasteiger partial charge is 0.299 e. The number of amides is 1. The molecule has 3 nitrogen and oxygen atoms in total. The quantitative estimate of drug-likeness (QED) is 0.680. The van der Waals surface area contributed by atoms with Crippen molar-refractivity contribution < 1.29 is 9.53 Å². The molecule has 1 unspecified atom stereocenters. The Morgan fingerprint density at radius 1 is 1.77 bits per heavy atom. The summed E-state index contributed by atoms with van der Waals surface area (Å²) < 4.78 is 5.21. The van der Waals surface area contributed by atoms with Crippen LogP contribution in [0.5, 0.6) is 0 Å². The third-order valence-electron chi connectivity index (χ3n) is 2.10. The summed E-state index contributed by atoms with van der Waals surface area (Å²) >= 11 is 2.92. The normalized spacial score (nSPS) is 20.6. The third-order valence-corrected chi connectivity index (χ3v) is 2.30. The van der Waals surface area contributed by atoms with Gasteiger partial charge in [-0.3, -0.25) is 4.79 Å². The molecule has 1 amide bonds. The van der Waals surface area contributed by atoms with Gasteiger partial charge in [-0.25, -0.2) is 0 Å². The fourth-order valence-corrected chi connectivity index (χ4v) is 1.62. The van der Waals surface area contributed by atoms with E-state index >= 15 is 0 Å². The van der Waals surface area contributed by atoms with Crippen LogP contribution in [0, 0.1) is 10.8 Å². The molecule has 0 N–H and O–H groups in total. The minimum Gasteiger partial charge on any atom is -0.379 e. The van der Waals surface area contributed by atoms with Crippen LogP contribution in [-0.2, 0) is 9.53 Å². The molecule has 1 aliphatic rings. The van der Waals surface area contributed by atoms with Gasteiger partial charge in [0.15, 0.2) is 0 Å². The summed E-state index contributed by atoms with van der Waals surface area (Å²) in [4.78, 5) is 15.6. The first-order valence-electron chi connectivity index (χ1n) is 4.29. The average Bonchev–Trinajstić information content (AvgIpc) is 2.59. The molecule has 13 heavy (non-hydrogen) atoms. The van der Waals surface area contributed by atoms with E-state index in [1.165, 1.54) is 0 Å². The monoisotopic (exact) mass is 245 g/mol. The highest BCUT2D eigenvalue weighted by Gasteiger charge is 2.24. The molecular formula is C9H12BrNO2. The zero-order valence-corrected chi connectivity index (χ0v) is 9.13. The largest absolute Gasteiger partial charge is 0.379 e. The maximum atomic E-state index is 11.4. The van der Waals surface area contributed by atoms with Crippen molar-refractivity contribution in [3.63, 3.8) is 0 Å². The number of rotatable bonds is 2. The lowest BCUT2D eigenvalue weighted by atomic mass is 10.2. The van der Waals surface area contributed by atoms with E-state index < -0.39 is 0 Å². The minimum atomic E-state index is -0.130. The number of likely N-dealkylation sites (N-methyl/N-ethyl adjacent to an activating group) is 1. The molecule has 72 valence electrons. The van der Waals surface area contributed by atoms with Crippen molar-refractivity contribution in [1.82, 2.24) is 4.90 Å². The molecule has 1 fully saturated rings. The Morgan fingerprint density at radius 3 is 3.00 bits per heavy atom. The number of hydrogen-bond donors (Lipinski definition) is 0. The summed E-state index contributed by atoms with van der Waals surface area (Å²) in [5.41, 5.74) is 0. The van der Waals surface area contributed by atoms with Crippen molar-refractivity contribution in [2.45, 2.75) is 19.4 Å². The molecule has 0 aromatic carbocycles. The van der Waals surface area contributed by atoms with E-state index in [0.717, 1.165) is 13.0 Å². The van der Waals surface area contributed by atoms with Crippen LogP contribution in [0.3, 0.4) is 0 Å². The molecule has 1 saturated heterocycles. The first-order valence-corrected chi connectivity index (χ1v) is 5.09. The van der Waals surface area contributed by atoms with Crippen molar-refractivity contribution in [2.24, 2.45) is 0 Å². The fourth-order valence-electron chi connectivity index (χ4n) is 1.45. The second-order valence-corrected chi connectivity index (χ2v) is 3.22. The van der Waals surface area contributed by atoms with E-state index in [-0.39, 0.29) is 11.9 Å². The molecule has 1 rings (SSSR count). The molecule has 0 spiro atoms. The Kier molecular flexibility index (Phi) is 4.26. The Balaban J connectivity index is 2.58. The predicted molar refractivity (Wildman–Crippen MR) is 53.3 cm³/mol. The van der Waals surface area contributed by atoms with Gasteiger partial charge < -0.3 is 9.64 Å². The molecule has 1 aliphatic heterocycles. The fraction of sp³-hybridized carbons (Fsp3) is 0.667. The number of nitrogens with zero attached hydrogens (tertiary/aromatic N) is 1. The summed E-state index contributed by atoms with van der Waals surface area (Å²) in [5.74, 6) is 2.34. The van der Waals surface area contributed by atoms with Crippen molar-refractivity contribution in [2.75, 3.05) is 19.8 Å². The number of halogens is 1. The molecule has 0 bridgehead atoms. The molecule has 0 aromatic heterocycles. The van der Waals surface area contributed by atoms with Gasteiger partial charge in [0.05, 0.1) is 12.6 Å². The van der Waals surface area contributed by atoms with Crippen molar-refractivity contribution in [3.05, 3.63) is 0 Å². The lowest BCUT2D eigenvalue weighted by Gasteiger charge is -2.23. The Morgan fingerprint density at radius 2 is 2.54 bits per heavy atom.